The molecular formula is C5H13O3P. The summed E-state index contributed by atoms with van der Waals surface area (Å²) in [5, 5.41) is 0. The topological polar surface area (TPSA) is 57.5 Å². The molecule has 0 aliphatic heterocycles. The van der Waals surface area contributed by atoms with Gasteiger partial charge in [0.25, 0.3) is 0 Å². The first-order valence-corrected chi connectivity index (χ1v) is 4.90. The highest BCUT2D eigenvalue weighted by Gasteiger charge is 2.10. The summed E-state index contributed by atoms with van der Waals surface area (Å²) in [6.07, 6.45) is 2.59. The summed E-state index contributed by atoms with van der Waals surface area (Å²) in [5.74, 6) is 0. The lowest BCUT2D eigenvalue weighted by Crippen LogP contribution is -1.86. The van der Waals surface area contributed by atoms with Crippen LogP contribution in [0.1, 0.15) is 26.2 Å². The van der Waals surface area contributed by atoms with Gasteiger partial charge in [0.15, 0.2) is 0 Å². The molecule has 0 bridgehead atoms. The SMILES string of the molecule is CCCCCP(=O)(O)O. The van der Waals surface area contributed by atoms with E-state index in [2.05, 4.69) is 0 Å². The highest BCUT2D eigenvalue weighted by molar-refractivity contribution is 7.51. The fraction of sp³-hybridized carbons (Fsp3) is 1.00. The third-order valence-electron chi connectivity index (χ3n) is 1.05. The van der Waals surface area contributed by atoms with E-state index in [1.165, 1.54) is 0 Å². The average Bonchev–Trinajstić information content (AvgIpc) is 1.63. The second-order valence-electron chi connectivity index (χ2n) is 2.10. The van der Waals surface area contributed by atoms with E-state index < -0.39 is 7.60 Å². The zero-order valence-corrected chi connectivity index (χ0v) is 6.47. The van der Waals surface area contributed by atoms with Crippen molar-refractivity contribution in [2.24, 2.45) is 0 Å². The number of hydrogen-bond donors (Lipinski definition) is 2. The van der Waals surface area contributed by atoms with Gasteiger partial charge < -0.3 is 9.79 Å². The zero-order valence-electron chi connectivity index (χ0n) is 5.58. The largest absolute Gasteiger partial charge is 0.325 e. The number of rotatable bonds is 4. The molecule has 9 heavy (non-hydrogen) atoms. The van der Waals surface area contributed by atoms with Crippen LogP contribution in [0.3, 0.4) is 0 Å². The minimum absolute atomic E-state index is 0.0425. The van der Waals surface area contributed by atoms with Gasteiger partial charge in [-0.25, -0.2) is 0 Å². The van der Waals surface area contributed by atoms with Gasteiger partial charge in [-0.3, -0.25) is 4.57 Å². The first kappa shape index (κ1) is 9.15. The lowest BCUT2D eigenvalue weighted by atomic mass is 10.3. The molecule has 0 aliphatic rings. The molecule has 3 nitrogen and oxygen atoms in total. The molecule has 0 saturated carbocycles. The second kappa shape index (κ2) is 4.04. The minimum Gasteiger partial charge on any atom is -0.324 e. The number of unbranched alkanes of at least 4 members (excludes halogenated alkanes) is 2. The molecule has 0 unspecified atom stereocenters. The maximum Gasteiger partial charge on any atom is 0.325 e. The molecular weight excluding hydrogens is 139 g/mol. The van der Waals surface area contributed by atoms with Gasteiger partial charge in [0, 0.05) is 6.16 Å². The van der Waals surface area contributed by atoms with E-state index in [4.69, 9.17) is 9.79 Å². The number of hydrogen-bond acceptors (Lipinski definition) is 1. The Morgan fingerprint density at radius 2 is 1.89 bits per heavy atom. The molecule has 0 rings (SSSR count). The fourth-order valence-corrected chi connectivity index (χ4v) is 1.20. The smallest absolute Gasteiger partial charge is 0.324 e. The zero-order chi connectivity index (χ0) is 7.33. The van der Waals surface area contributed by atoms with Crippen LogP contribution in [-0.4, -0.2) is 15.9 Å². The molecule has 0 aromatic rings. The van der Waals surface area contributed by atoms with Crippen molar-refractivity contribution in [1.29, 1.82) is 0 Å². The molecule has 2 N–H and O–H groups in total. The third kappa shape index (κ3) is 8.15. The van der Waals surface area contributed by atoms with Crippen molar-refractivity contribution in [1.82, 2.24) is 0 Å². The lowest BCUT2D eigenvalue weighted by Gasteiger charge is -2.00. The molecule has 0 aliphatic carbocycles. The van der Waals surface area contributed by atoms with Crippen molar-refractivity contribution in [2.75, 3.05) is 6.16 Å². The van der Waals surface area contributed by atoms with Gasteiger partial charge in [-0.2, -0.15) is 0 Å². The Morgan fingerprint density at radius 1 is 1.33 bits per heavy atom. The molecule has 0 radical (unpaired) electrons. The van der Waals surface area contributed by atoms with E-state index in [1.54, 1.807) is 0 Å². The standard InChI is InChI=1S/C5H13O3P/c1-2-3-4-5-9(6,7)8/h2-5H2,1H3,(H2,6,7,8). The Bertz CT molecular complexity index is 107. The summed E-state index contributed by atoms with van der Waals surface area (Å²) in [7, 11) is -3.70. The third-order valence-corrected chi connectivity index (χ3v) is 1.95. The molecule has 0 fully saturated rings. The Balaban J connectivity index is 3.18. The van der Waals surface area contributed by atoms with Crippen molar-refractivity contribution in [3.05, 3.63) is 0 Å². The Labute approximate surface area is 55.3 Å². The molecule has 0 atom stereocenters. The highest BCUT2D eigenvalue weighted by Crippen LogP contribution is 2.35. The summed E-state index contributed by atoms with van der Waals surface area (Å²) in [4.78, 5) is 16.7. The van der Waals surface area contributed by atoms with E-state index in [0.29, 0.717) is 6.42 Å². The molecule has 0 spiro atoms. The first-order chi connectivity index (χ1) is 4.06. The average molecular weight is 152 g/mol. The van der Waals surface area contributed by atoms with Crippen LogP contribution in [0.25, 0.3) is 0 Å². The summed E-state index contributed by atoms with van der Waals surface area (Å²) < 4.78 is 10.2. The second-order valence-corrected chi connectivity index (χ2v) is 3.87. The maximum atomic E-state index is 10.2. The molecule has 0 aromatic heterocycles. The van der Waals surface area contributed by atoms with Crippen LogP contribution in [0, 0.1) is 0 Å². The monoisotopic (exact) mass is 152 g/mol. The fourth-order valence-electron chi connectivity index (χ4n) is 0.568. The van der Waals surface area contributed by atoms with Crippen molar-refractivity contribution >= 4 is 7.60 Å². The van der Waals surface area contributed by atoms with Gasteiger partial charge >= 0.3 is 7.60 Å². The van der Waals surface area contributed by atoms with Crippen molar-refractivity contribution < 1.29 is 14.4 Å². The summed E-state index contributed by atoms with van der Waals surface area (Å²) >= 11 is 0. The van der Waals surface area contributed by atoms with Crippen LogP contribution in [0.5, 0.6) is 0 Å². The van der Waals surface area contributed by atoms with Crippen LogP contribution < -0.4 is 0 Å². The van der Waals surface area contributed by atoms with Crippen LogP contribution >= 0.6 is 7.60 Å². The van der Waals surface area contributed by atoms with Gasteiger partial charge in [0.2, 0.25) is 0 Å². The predicted molar refractivity (Wildman–Crippen MR) is 36.4 cm³/mol. The van der Waals surface area contributed by atoms with Crippen molar-refractivity contribution in [3.8, 4) is 0 Å². The highest BCUT2D eigenvalue weighted by atomic mass is 31.2. The van der Waals surface area contributed by atoms with Crippen molar-refractivity contribution in [3.63, 3.8) is 0 Å². The Kier molecular flexibility index (Phi) is 4.11. The summed E-state index contributed by atoms with van der Waals surface area (Å²) in [6.45, 7) is 2.00. The Hall–Kier alpha value is 0.150. The van der Waals surface area contributed by atoms with Gasteiger partial charge in [0.1, 0.15) is 0 Å². The van der Waals surface area contributed by atoms with E-state index in [-0.39, 0.29) is 6.16 Å². The molecule has 56 valence electrons. The molecule has 0 aromatic carbocycles. The van der Waals surface area contributed by atoms with Crippen LogP contribution in [0.15, 0.2) is 0 Å². The van der Waals surface area contributed by atoms with Gasteiger partial charge in [-0.15, -0.1) is 0 Å². The van der Waals surface area contributed by atoms with Crippen LogP contribution in [0.4, 0.5) is 0 Å². The van der Waals surface area contributed by atoms with E-state index in [0.717, 1.165) is 12.8 Å². The lowest BCUT2D eigenvalue weighted by molar-refractivity contribution is 0.371. The van der Waals surface area contributed by atoms with E-state index >= 15 is 0 Å². The summed E-state index contributed by atoms with van der Waals surface area (Å²) in [5.41, 5.74) is 0. The van der Waals surface area contributed by atoms with E-state index in [9.17, 15) is 4.57 Å². The molecule has 0 heterocycles. The summed E-state index contributed by atoms with van der Waals surface area (Å²) in [6, 6.07) is 0. The van der Waals surface area contributed by atoms with Crippen LogP contribution in [0.2, 0.25) is 0 Å². The first-order valence-electron chi connectivity index (χ1n) is 3.11. The minimum atomic E-state index is -3.70. The normalized spacial score (nSPS) is 11.9. The Morgan fingerprint density at radius 3 is 2.22 bits per heavy atom. The van der Waals surface area contributed by atoms with Crippen LogP contribution in [-0.2, 0) is 4.57 Å². The van der Waals surface area contributed by atoms with Gasteiger partial charge in [-0.1, -0.05) is 19.8 Å². The molecule has 0 saturated heterocycles. The van der Waals surface area contributed by atoms with Crippen molar-refractivity contribution in [2.45, 2.75) is 26.2 Å². The quantitative estimate of drug-likeness (QED) is 0.472. The van der Waals surface area contributed by atoms with Gasteiger partial charge in [0.05, 0.1) is 0 Å². The maximum absolute atomic E-state index is 10.2. The van der Waals surface area contributed by atoms with E-state index in [1.807, 2.05) is 6.92 Å². The molecule has 4 heteroatoms. The van der Waals surface area contributed by atoms with Gasteiger partial charge in [-0.05, 0) is 6.42 Å². The predicted octanol–water partition coefficient (Wildman–Crippen LogP) is 1.35. The molecule has 0 amide bonds.